The number of rotatable bonds is 4. The Kier molecular flexibility index (Phi) is 2.73. The van der Waals surface area contributed by atoms with Crippen molar-refractivity contribution < 1.29 is 13.5 Å². The number of nitriles is 1. The van der Waals surface area contributed by atoms with E-state index in [0.717, 1.165) is 12.8 Å². The fraction of sp³-hybridized carbons (Fsp3) is 0.900. The summed E-state index contributed by atoms with van der Waals surface area (Å²) in [5, 5.41) is 17.8. The Morgan fingerprint density at radius 3 is 2.50 bits per heavy atom. The highest BCUT2D eigenvalue weighted by Crippen LogP contribution is 2.45. The highest BCUT2D eigenvalue weighted by atomic mass is 32.2. The molecular weight excluding hydrogens is 228 g/mol. The second kappa shape index (κ2) is 3.69. The van der Waals surface area contributed by atoms with E-state index in [4.69, 9.17) is 5.26 Å². The molecule has 1 aliphatic heterocycles. The summed E-state index contributed by atoms with van der Waals surface area (Å²) in [5.41, 5.74) is -0.819. The Hall–Kier alpha value is -0.640. The van der Waals surface area contributed by atoms with Crippen molar-refractivity contribution in [1.82, 2.24) is 4.31 Å². The number of hydrogen-bond acceptors (Lipinski definition) is 4. The number of aliphatic hydroxyl groups is 1. The highest BCUT2D eigenvalue weighted by Gasteiger charge is 2.56. The maximum Gasteiger partial charge on any atom is 0.230 e. The van der Waals surface area contributed by atoms with Crippen LogP contribution < -0.4 is 0 Å². The Labute approximate surface area is 95.7 Å². The van der Waals surface area contributed by atoms with Crippen LogP contribution in [0, 0.1) is 17.2 Å². The first kappa shape index (κ1) is 11.8. The molecule has 2 rings (SSSR count). The van der Waals surface area contributed by atoms with Crippen LogP contribution in [0.25, 0.3) is 0 Å². The molecule has 16 heavy (non-hydrogen) atoms. The average molecular weight is 244 g/mol. The molecule has 0 aromatic carbocycles. The van der Waals surface area contributed by atoms with Gasteiger partial charge >= 0.3 is 0 Å². The van der Waals surface area contributed by atoms with Crippen molar-refractivity contribution in [2.24, 2.45) is 5.92 Å². The molecule has 1 unspecified atom stereocenters. The smallest absolute Gasteiger partial charge is 0.230 e. The molecule has 5 nitrogen and oxygen atoms in total. The van der Waals surface area contributed by atoms with E-state index < -0.39 is 20.9 Å². The third-order valence-electron chi connectivity index (χ3n) is 3.47. The summed E-state index contributed by atoms with van der Waals surface area (Å²) in [7, 11) is -3.53. The van der Waals surface area contributed by atoms with Gasteiger partial charge in [0.05, 0.1) is 11.7 Å². The second-order valence-corrected chi connectivity index (χ2v) is 6.83. The van der Waals surface area contributed by atoms with Gasteiger partial charge in [-0.05, 0) is 25.2 Å². The lowest BCUT2D eigenvalue weighted by atomic mass is 9.91. The summed E-state index contributed by atoms with van der Waals surface area (Å²) in [6, 6.07) is 1.80. The Morgan fingerprint density at radius 2 is 2.12 bits per heavy atom. The zero-order valence-corrected chi connectivity index (χ0v) is 10.1. The molecule has 2 aliphatic rings. The molecule has 0 aromatic heterocycles. The zero-order chi connectivity index (χ0) is 12.0. The molecule has 1 aliphatic carbocycles. The predicted molar refractivity (Wildman–Crippen MR) is 57.9 cm³/mol. The molecule has 0 spiro atoms. The van der Waals surface area contributed by atoms with Gasteiger partial charge in [-0.2, -0.15) is 9.57 Å². The lowest BCUT2D eigenvalue weighted by Gasteiger charge is -2.46. The molecule has 0 aromatic rings. The molecule has 0 amide bonds. The quantitative estimate of drug-likeness (QED) is 0.759. The van der Waals surface area contributed by atoms with Gasteiger partial charge in [-0.25, -0.2) is 8.42 Å². The SMILES string of the molecule is CCC(C#N)S(=O)(=O)N1CC(O)(C2CC2)C1. The second-order valence-electron chi connectivity index (χ2n) is 4.72. The van der Waals surface area contributed by atoms with Gasteiger partial charge < -0.3 is 5.11 Å². The normalized spacial score (nSPS) is 26.8. The van der Waals surface area contributed by atoms with Crippen LogP contribution >= 0.6 is 0 Å². The van der Waals surface area contributed by atoms with Crippen LogP contribution in [-0.4, -0.2) is 41.8 Å². The summed E-state index contributed by atoms with van der Waals surface area (Å²) < 4.78 is 25.0. The zero-order valence-electron chi connectivity index (χ0n) is 9.26. The Bertz CT molecular complexity index is 416. The van der Waals surface area contributed by atoms with Gasteiger partial charge in [-0.3, -0.25) is 0 Å². The minimum Gasteiger partial charge on any atom is -0.387 e. The lowest BCUT2D eigenvalue weighted by Crippen LogP contribution is -2.65. The minimum absolute atomic E-state index is 0.165. The molecule has 1 saturated heterocycles. The van der Waals surface area contributed by atoms with E-state index in [9.17, 15) is 13.5 Å². The monoisotopic (exact) mass is 244 g/mol. The fourth-order valence-electron chi connectivity index (χ4n) is 2.17. The Morgan fingerprint density at radius 1 is 1.56 bits per heavy atom. The summed E-state index contributed by atoms with van der Waals surface area (Å²) in [6.07, 6.45) is 2.26. The molecule has 6 heteroatoms. The molecule has 90 valence electrons. The van der Waals surface area contributed by atoms with Crippen molar-refractivity contribution in [2.75, 3.05) is 13.1 Å². The van der Waals surface area contributed by atoms with Crippen LogP contribution in [0.1, 0.15) is 26.2 Å². The fourth-order valence-corrected chi connectivity index (χ4v) is 3.89. The molecule has 2 fully saturated rings. The third kappa shape index (κ3) is 1.73. The summed E-state index contributed by atoms with van der Waals surface area (Å²) >= 11 is 0. The van der Waals surface area contributed by atoms with Gasteiger partial charge in [0.1, 0.15) is 0 Å². The van der Waals surface area contributed by atoms with Gasteiger partial charge in [0.2, 0.25) is 10.0 Å². The van der Waals surface area contributed by atoms with E-state index in [0.29, 0.717) is 0 Å². The van der Waals surface area contributed by atoms with Gasteiger partial charge in [-0.15, -0.1) is 0 Å². The molecule has 0 bridgehead atoms. The number of hydrogen-bond donors (Lipinski definition) is 1. The van der Waals surface area contributed by atoms with Crippen molar-refractivity contribution in [3.8, 4) is 6.07 Å². The predicted octanol–water partition coefficient (Wildman–Crippen LogP) is 0.0751. The van der Waals surface area contributed by atoms with E-state index in [2.05, 4.69) is 0 Å². The maximum absolute atomic E-state index is 11.9. The minimum atomic E-state index is -3.53. The summed E-state index contributed by atoms with van der Waals surface area (Å²) in [4.78, 5) is 0. The van der Waals surface area contributed by atoms with Gasteiger partial charge in [0.25, 0.3) is 0 Å². The highest BCUT2D eigenvalue weighted by molar-refractivity contribution is 7.90. The summed E-state index contributed by atoms with van der Waals surface area (Å²) in [6.45, 7) is 2.01. The van der Waals surface area contributed by atoms with Gasteiger partial charge in [-0.1, -0.05) is 6.92 Å². The van der Waals surface area contributed by atoms with E-state index in [1.165, 1.54) is 4.31 Å². The number of β-amino-alcohol motifs (C(OH)–C–C–N with tert-alkyl or cyclic N) is 1. The number of sulfonamides is 1. The molecule has 0 radical (unpaired) electrons. The first-order chi connectivity index (χ1) is 7.44. The summed E-state index contributed by atoms with van der Waals surface area (Å²) in [5.74, 6) is 0.265. The van der Waals surface area contributed by atoms with Crippen LogP contribution in [0.3, 0.4) is 0 Å². The topological polar surface area (TPSA) is 81.4 Å². The molecule has 1 N–H and O–H groups in total. The molecule has 1 heterocycles. The lowest BCUT2D eigenvalue weighted by molar-refractivity contribution is -0.0766. The first-order valence-corrected chi connectivity index (χ1v) is 7.05. The van der Waals surface area contributed by atoms with Crippen LogP contribution in [0.15, 0.2) is 0 Å². The van der Waals surface area contributed by atoms with Crippen molar-refractivity contribution in [2.45, 2.75) is 37.0 Å². The van der Waals surface area contributed by atoms with E-state index in [1.54, 1.807) is 13.0 Å². The van der Waals surface area contributed by atoms with E-state index in [1.807, 2.05) is 0 Å². The van der Waals surface area contributed by atoms with Crippen molar-refractivity contribution in [3.63, 3.8) is 0 Å². The van der Waals surface area contributed by atoms with Gasteiger partial charge in [0.15, 0.2) is 5.25 Å². The van der Waals surface area contributed by atoms with Crippen molar-refractivity contribution in [3.05, 3.63) is 0 Å². The van der Waals surface area contributed by atoms with Crippen LogP contribution in [0.2, 0.25) is 0 Å². The van der Waals surface area contributed by atoms with Crippen molar-refractivity contribution >= 4 is 10.0 Å². The largest absolute Gasteiger partial charge is 0.387 e. The first-order valence-electron chi connectivity index (χ1n) is 5.55. The van der Waals surface area contributed by atoms with E-state index >= 15 is 0 Å². The molecular formula is C10H16N2O3S. The standard InChI is InChI=1S/C10H16N2O3S/c1-2-9(5-11)16(14,15)12-6-10(13,7-12)8-3-4-8/h8-9,13H,2-4,6-7H2,1H3. The van der Waals surface area contributed by atoms with Gasteiger partial charge in [0, 0.05) is 13.1 Å². The Balaban J connectivity index is 2.03. The van der Waals surface area contributed by atoms with E-state index in [-0.39, 0.29) is 25.4 Å². The average Bonchev–Trinajstić information content (AvgIpc) is 2.97. The third-order valence-corrected chi connectivity index (χ3v) is 5.61. The van der Waals surface area contributed by atoms with Crippen molar-refractivity contribution in [1.29, 1.82) is 5.26 Å². The molecule has 1 saturated carbocycles. The number of nitrogens with zero attached hydrogens (tertiary/aromatic N) is 2. The van der Waals surface area contributed by atoms with Crippen LogP contribution in [0.4, 0.5) is 0 Å². The maximum atomic E-state index is 11.9. The van der Waals surface area contributed by atoms with Crippen LogP contribution in [-0.2, 0) is 10.0 Å². The molecule has 1 atom stereocenters. The van der Waals surface area contributed by atoms with Crippen LogP contribution in [0.5, 0.6) is 0 Å².